The summed E-state index contributed by atoms with van der Waals surface area (Å²) in [5.41, 5.74) is 4.03. The highest BCUT2D eigenvalue weighted by Gasteiger charge is 2.32. The van der Waals surface area contributed by atoms with E-state index in [1.165, 1.54) is 22.5 Å². The van der Waals surface area contributed by atoms with E-state index in [4.69, 9.17) is 14.5 Å². The molecule has 5 rings (SSSR count). The van der Waals surface area contributed by atoms with Gasteiger partial charge in [0.25, 0.3) is 5.91 Å². The van der Waals surface area contributed by atoms with E-state index in [1.54, 1.807) is 12.0 Å². The molecule has 0 spiro atoms. The first-order valence-electron chi connectivity index (χ1n) is 12.8. The quantitative estimate of drug-likeness (QED) is 0.223. The molecule has 0 unspecified atom stereocenters. The summed E-state index contributed by atoms with van der Waals surface area (Å²) in [7, 11) is 1.63. The first-order valence-corrected chi connectivity index (χ1v) is 13.6. The Kier molecular flexibility index (Phi) is 7.80. The predicted molar refractivity (Wildman–Crippen MR) is 157 cm³/mol. The van der Waals surface area contributed by atoms with Gasteiger partial charge in [0.2, 0.25) is 0 Å². The number of rotatable bonds is 8. The van der Waals surface area contributed by atoms with Gasteiger partial charge in [0.1, 0.15) is 6.61 Å². The number of thioether (sulfide) groups is 1. The molecule has 0 saturated carbocycles. The lowest BCUT2D eigenvalue weighted by Gasteiger charge is -2.13. The minimum Gasteiger partial charge on any atom is -0.493 e. The van der Waals surface area contributed by atoms with Crippen LogP contribution >= 0.6 is 11.8 Å². The summed E-state index contributed by atoms with van der Waals surface area (Å²) in [5.74, 6) is 1.23. The topological polar surface area (TPSA) is 51.1 Å². The summed E-state index contributed by atoms with van der Waals surface area (Å²) in [6, 6.07) is 28.3. The fourth-order valence-corrected chi connectivity index (χ4v) is 5.57. The van der Waals surface area contributed by atoms with Crippen molar-refractivity contribution in [2.45, 2.75) is 26.9 Å². The first-order chi connectivity index (χ1) is 18.6. The molecule has 4 aromatic rings. The third-order valence-corrected chi connectivity index (χ3v) is 7.55. The predicted octanol–water partition coefficient (Wildman–Crippen LogP) is 7.61. The molecule has 0 aromatic heterocycles. The van der Waals surface area contributed by atoms with Crippen LogP contribution in [0.25, 0.3) is 16.8 Å². The second kappa shape index (κ2) is 11.6. The molecule has 0 radical (unpaired) electrons. The SMILES string of the molecule is CCc1ccccc1N=C1S/C(=C/c2ccc(OCc3cccc4ccccc34)c(OC)c2)C(=O)N1CC. The average molecular weight is 523 g/mol. The second-order valence-electron chi connectivity index (χ2n) is 8.87. The molecule has 0 aliphatic carbocycles. The number of carbonyl (C=O) groups is 1. The average Bonchev–Trinajstić information content (AvgIpc) is 3.25. The fraction of sp³-hybridized carbons (Fsp3) is 0.188. The van der Waals surface area contributed by atoms with Crippen molar-refractivity contribution in [3.63, 3.8) is 0 Å². The van der Waals surface area contributed by atoms with E-state index < -0.39 is 0 Å². The van der Waals surface area contributed by atoms with Gasteiger partial charge < -0.3 is 9.47 Å². The fourth-order valence-electron chi connectivity index (χ4n) is 4.51. The van der Waals surface area contributed by atoms with Crippen LogP contribution in [-0.2, 0) is 17.8 Å². The first kappa shape index (κ1) is 25.6. The van der Waals surface area contributed by atoms with Crippen LogP contribution in [-0.4, -0.2) is 29.6 Å². The van der Waals surface area contributed by atoms with Gasteiger partial charge in [0.05, 0.1) is 17.7 Å². The molecule has 5 nitrogen and oxygen atoms in total. The zero-order chi connectivity index (χ0) is 26.5. The number of methoxy groups -OCH3 is 1. The van der Waals surface area contributed by atoms with Gasteiger partial charge >= 0.3 is 0 Å². The van der Waals surface area contributed by atoms with Gasteiger partial charge in [0.15, 0.2) is 16.7 Å². The molecule has 1 aliphatic rings. The van der Waals surface area contributed by atoms with Crippen molar-refractivity contribution in [1.29, 1.82) is 0 Å². The molecule has 1 amide bonds. The third-order valence-electron chi connectivity index (χ3n) is 6.54. The molecule has 1 aliphatic heterocycles. The van der Waals surface area contributed by atoms with E-state index in [0.717, 1.165) is 28.8 Å². The molecule has 6 heteroatoms. The molecular formula is C32H30N2O3S. The largest absolute Gasteiger partial charge is 0.493 e. The lowest BCUT2D eigenvalue weighted by Crippen LogP contribution is -2.28. The lowest BCUT2D eigenvalue weighted by atomic mass is 10.1. The number of fused-ring (bicyclic) bond motifs is 1. The van der Waals surface area contributed by atoms with Crippen molar-refractivity contribution < 1.29 is 14.3 Å². The Bertz CT molecular complexity index is 1540. The van der Waals surface area contributed by atoms with Gasteiger partial charge in [-0.05, 0) is 76.8 Å². The number of aliphatic imine (C=N–C) groups is 1. The number of ether oxygens (including phenoxy) is 2. The monoisotopic (exact) mass is 522 g/mol. The van der Waals surface area contributed by atoms with Gasteiger partial charge in [0, 0.05) is 6.54 Å². The summed E-state index contributed by atoms with van der Waals surface area (Å²) in [4.78, 5) is 20.4. The van der Waals surface area contributed by atoms with Gasteiger partial charge in [-0.25, -0.2) is 4.99 Å². The van der Waals surface area contributed by atoms with Crippen LogP contribution in [0.4, 0.5) is 5.69 Å². The van der Waals surface area contributed by atoms with E-state index in [-0.39, 0.29) is 5.91 Å². The summed E-state index contributed by atoms with van der Waals surface area (Å²) in [6.45, 7) is 5.06. The number of nitrogens with zero attached hydrogens (tertiary/aromatic N) is 2. The third kappa shape index (κ3) is 5.31. The van der Waals surface area contributed by atoms with Crippen molar-refractivity contribution in [2.75, 3.05) is 13.7 Å². The Balaban J connectivity index is 1.38. The number of aryl methyl sites for hydroxylation is 1. The van der Waals surface area contributed by atoms with Crippen LogP contribution in [0.5, 0.6) is 11.5 Å². The lowest BCUT2D eigenvalue weighted by molar-refractivity contribution is -0.122. The molecule has 0 N–H and O–H groups in total. The summed E-state index contributed by atoms with van der Waals surface area (Å²) in [6.07, 6.45) is 2.77. The van der Waals surface area contributed by atoms with Gasteiger partial charge in [-0.3, -0.25) is 9.69 Å². The Morgan fingerprint density at radius 1 is 0.895 bits per heavy atom. The molecule has 0 bridgehead atoms. The Hall–Kier alpha value is -4.03. The molecule has 1 heterocycles. The number of amidine groups is 1. The van der Waals surface area contributed by atoms with E-state index in [1.807, 2.05) is 67.6 Å². The van der Waals surface area contributed by atoms with Crippen LogP contribution in [0.1, 0.15) is 30.5 Å². The van der Waals surface area contributed by atoms with Crippen molar-refractivity contribution >= 4 is 45.4 Å². The highest BCUT2D eigenvalue weighted by molar-refractivity contribution is 8.18. The number of hydrogen-bond acceptors (Lipinski definition) is 5. The zero-order valence-corrected chi connectivity index (χ0v) is 22.6. The van der Waals surface area contributed by atoms with E-state index >= 15 is 0 Å². The van der Waals surface area contributed by atoms with Crippen molar-refractivity contribution in [2.24, 2.45) is 4.99 Å². The van der Waals surface area contributed by atoms with Crippen LogP contribution in [0.2, 0.25) is 0 Å². The van der Waals surface area contributed by atoms with Crippen LogP contribution < -0.4 is 9.47 Å². The Labute approximate surface area is 227 Å². The van der Waals surface area contributed by atoms with Crippen molar-refractivity contribution in [1.82, 2.24) is 4.90 Å². The molecule has 0 atom stereocenters. The molecule has 38 heavy (non-hydrogen) atoms. The van der Waals surface area contributed by atoms with Gasteiger partial charge in [-0.2, -0.15) is 0 Å². The Morgan fingerprint density at radius 2 is 1.66 bits per heavy atom. The normalized spacial score (nSPS) is 15.6. The molecule has 192 valence electrons. The minimum absolute atomic E-state index is 0.0412. The summed E-state index contributed by atoms with van der Waals surface area (Å²) < 4.78 is 11.8. The van der Waals surface area contributed by atoms with Crippen LogP contribution in [0.15, 0.2) is 94.8 Å². The zero-order valence-electron chi connectivity index (χ0n) is 21.8. The number of benzene rings is 4. The van der Waals surface area contributed by atoms with E-state index in [2.05, 4.69) is 37.3 Å². The maximum Gasteiger partial charge on any atom is 0.266 e. The van der Waals surface area contributed by atoms with Gasteiger partial charge in [-0.15, -0.1) is 0 Å². The molecule has 1 saturated heterocycles. The van der Waals surface area contributed by atoms with E-state index in [0.29, 0.717) is 34.7 Å². The van der Waals surface area contributed by atoms with Crippen molar-refractivity contribution in [3.05, 3.63) is 107 Å². The maximum atomic E-state index is 13.2. The van der Waals surface area contributed by atoms with Crippen LogP contribution in [0.3, 0.4) is 0 Å². The number of likely N-dealkylation sites (N-methyl/N-ethyl adjacent to an activating group) is 1. The molecule has 4 aromatic carbocycles. The second-order valence-corrected chi connectivity index (χ2v) is 9.88. The maximum absolute atomic E-state index is 13.2. The van der Waals surface area contributed by atoms with Crippen LogP contribution in [0, 0.1) is 0 Å². The standard InChI is InChI=1S/C32H30N2O3S/c1-4-23-11-7-9-16-27(23)33-32-34(5-2)31(35)30(38-32)20-22-17-18-28(29(19-22)36-3)37-21-25-14-10-13-24-12-6-8-15-26(24)25/h6-20H,4-5,21H2,1-3H3/b30-20+,33-32?. The summed E-state index contributed by atoms with van der Waals surface area (Å²) in [5, 5.41) is 3.06. The number of para-hydroxylation sites is 1. The smallest absolute Gasteiger partial charge is 0.266 e. The Morgan fingerprint density at radius 3 is 2.47 bits per heavy atom. The highest BCUT2D eigenvalue weighted by Crippen LogP contribution is 2.36. The van der Waals surface area contributed by atoms with Gasteiger partial charge in [-0.1, -0.05) is 73.7 Å². The molecule has 1 fully saturated rings. The summed E-state index contributed by atoms with van der Waals surface area (Å²) >= 11 is 1.40. The molecular weight excluding hydrogens is 492 g/mol. The minimum atomic E-state index is -0.0412. The van der Waals surface area contributed by atoms with E-state index in [9.17, 15) is 4.79 Å². The number of carbonyl (C=O) groups excluding carboxylic acids is 1. The number of hydrogen-bond donors (Lipinski definition) is 0. The highest BCUT2D eigenvalue weighted by atomic mass is 32.2. The van der Waals surface area contributed by atoms with Crippen molar-refractivity contribution in [3.8, 4) is 11.5 Å². The number of amides is 1.